The van der Waals surface area contributed by atoms with Crippen molar-refractivity contribution < 1.29 is 24.2 Å². The minimum Gasteiger partial charge on any atom is -0.507 e. The summed E-state index contributed by atoms with van der Waals surface area (Å²) in [7, 11) is 1.55. The van der Waals surface area contributed by atoms with E-state index in [-0.39, 0.29) is 11.3 Å². The van der Waals surface area contributed by atoms with Crippen LogP contribution in [-0.2, 0) is 16.1 Å². The monoisotopic (exact) mass is 461 g/mol. The smallest absolute Gasteiger partial charge is 0.295 e. The van der Waals surface area contributed by atoms with E-state index in [9.17, 15) is 14.7 Å². The molecule has 1 N–H and O–H groups in total. The lowest BCUT2D eigenvalue weighted by Gasteiger charge is -2.25. The van der Waals surface area contributed by atoms with Gasteiger partial charge in [0.05, 0.1) is 31.7 Å². The van der Waals surface area contributed by atoms with Crippen molar-refractivity contribution in [3.05, 3.63) is 84.0 Å². The molecule has 4 rings (SSSR count). The van der Waals surface area contributed by atoms with Crippen LogP contribution in [0.5, 0.6) is 11.5 Å². The zero-order valence-electron chi connectivity index (χ0n) is 19.2. The van der Waals surface area contributed by atoms with Gasteiger partial charge in [-0.05, 0) is 55.3 Å². The summed E-state index contributed by atoms with van der Waals surface area (Å²) in [6.07, 6.45) is 5.88. The van der Waals surface area contributed by atoms with Crippen LogP contribution in [0.2, 0.25) is 0 Å². The Kier molecular flexibility index (Phi) is 6.96. The standard InChI is InChI=1S/C26H27N3O5/c1-3-34-21-11-5-18(6-12-21)23-22(24(30)19-7-9-20(33-2)10-8-19)25(31)26(32)29(23)15-4-14-28-16-13-27-17-28/h5-13,16-17,23,30H,3-4,14-15H2,1-2H3/b24-22+/t23-/m1/s1. The second kappa shape index (κ2) is 10.2. The molecule has 34 heavy (non-hydrogen) atoms. The highest BCUT2D eigenvalue weighted by Crippen LogP contribution is 2.40. The van der Waals surface area contributed by atoms with E-state index in [1.54, 1.807) is 56.0 Å². The largest absolute Gasteiger partial charge is 0.507 e. The van der Waals surface area contributed by atoms with Gasteiger partial charge in [0.1, 0.15) is 17.3 Å². The molecule has 3 aromatic rings. The van der Waals surface area contributed by atoms with Crippen molar-refractivity contribution in [1.82, 2.24) is 14.5 Å². The summed E-state index contributed by atoms with van der Waals surface area (Å²) in [6.45, 7) is 3.43. The molecular weight excluding hydrogens is 434 g/mol. The van der Waals surface area contributed by atoms with Crippen LogP contribution < -0.4 is 9.47 Å². The quantitative estimate of drug-likeness (QED) is 0.296. The van der Waals surface area contributed by atoms with E-state index < -0.39 is 17.7 Å². The van der Waals surface area contributed by atoms with Crippen molar-refractivity contribution >= 4 is 17.4 Å². The normalized spacial score (nSPS) is 17.2. The summed E-state index contributed by atoms with van der Waals surface area (Å²) >= 11 is 0. The van der Waals surface area contributed by atoms with E-state index in [0.717, 1.165) is 5.56 Å². The molecule has 1 amide bonds. The fourth-order valence-corrected chi connectivity index (χ4v) is 4.12. The number of aryl methyl sites for hydroxylation is 1. The maximum absolute atomic E-state index is 13.1. The van der Waals surface area contributed by atoms with Gasteiger partial charge in [-0.15, -0.1) is 0 Å². The van der Waals surface area contributed by atoms with Crippen molar-refractivity contribution in [2.75, 3.05) is 20.3 Å². The molecule has 1 aliphatic rings. The molecule has 8 heteroatoms. The van der Waals surface area contributed by atoms with E-state index in [2.05, 4.69) is 4.98 Å². The molecule has 0 unspecified atom stereocenters. The Labute approximate surface area is 198 Å². The van der Waals surface area contributed by atoms with E-state index in [0.29, 0.717) is 43.2 Å². The summed E-state index contributed by atoms with van der Waals surface area (Å²) in [5.74, 6) is -0.218. The van der Waals surface area contributed by atoms with Gasteiger partial charge in [0.25, 0.3) is 11.7 Å². The maximum atomic E-state index is 13.1. The number of hydrogen-bond donors (Lipinski definition) is 1. The first-order chi connectivity index (χ1) is 16.5. The van der Waals surface area contributed by atoms with E-state index >= 15 is 0 Å². The van der Waals surface area contributed by atoms with Gasteiger partial charge in [0.2, 0.25) is 0 Å². The summed E-state index contributed by atoms with van der Waals surface area (Å²) in [4.78, 5) is 31.8. The fourth-order valence-electron chi connectivity index (χ4n) is 4.12. The lowest BCUT2D eigenvalue weighted by atomic mass is 9.95. The number of ether oxygens (including phenoxy) is 2. The van der Waals surface area contributed by atoms with Crippen LogP contribution in [0.15, 0.2) is 72.8 Å². The number of carbonyl (C=O) groups is 2. The topological polar surface area (TPSA) is 93.9 Å². The molecular formula is C26H27N3O5. The Balaban J connectivity index is 1.71. The minimum absolute atomic E-state index is 0.0713. The van der Waals surface area contributed by atoms with Gasteiger partial charge < -0.3 is 24.0 Å². The van der Waals surface area contributed by atoms with Crippen molar-refractivity contribution in [1.29, 1.82) is 0 Å². The Morgan fingerprint density at radius 2 is 1.74 bits per heavy atom. The fraction of sp³-hybridized carbons (Fsp3) is 0.269. The van der Waals surface area contributed by atoms with Gasteiger partial charge >= 0.3 is 0 Å². The number of rotatable bonds is 9. The number of ketones is 1. The van der Waals surface area contributed by atoms with Gasteiger partial charge in [0.15, 0.2) is 0 Å². The highest BCUT2D eigenvalue weighted by Gasteiger charge is 2.45. The van der Waals surface area contributed by atoms with Crippen LogP contribution in [0.1, 0.15) is 30.5 Å². The second-order valence-electron chi connectivity index (χ2n) is 7.88. The first-order valence-corrected chi connectivity index (χ1v) is 11.1. The SMILES string of the molecule is CCOc1ccc([C@@H]2/C(=C(\O)c3ccc(OC)cc3)C(=O)C(=O)N2CCCn2ccnc2)cc1. The van der Waals surface area contributed by atoms with Gasteiger partial charge in [-0.25, -0.2) is 4.98 Å². The Hall–Kier alpha value is -4.07. The number of aromatic nitrogens is 2. The Morgan fingerprint density at radius 1 is 1.03 bits per heavy atom. The lowest BCUT2D eigenvalue weighted by molar-refractivity contribution is -0.139. The highest BCUT2D eigenvalue weighted by molar-refractivity contribution is 6.46. The predicted octanol–water partition coefficient (Wildman–Crippen LogP) is 3.80. The van der Waals surface area contributed by atoms with Crippen molar-refractivity contribution in [3.8, 4) is 11.5 Å². The van der Waals surface area contributed by atoms with Gasteiger partial charge in [-0.2, -0.15) is 0 Å². The van der Waals surface area contributed by atoms with Gasteiger partial charge in [-0.3, -0.25) is 9.59 Å². The van der Waals surface area contributed by atoms with E-state index in [4.69, 9.17) is 9.47 Å². The molecule has 1 aliphatic heterocycles. The van der Waals surface area contributed by atoms with Crippen LogP contribution in [0, 0.1) is 0 Å². The van der Waals surface area contributed by atoms with Crippen LogP contribution >= 0.6 is 0 Å². The average Bonchev–Trinajstić information content (AvgIpc) is 3.47. The number of methoxy groups -OCH3 is 1. The number of likely N-dealkylation sites (tertiary alicyclic amines) is 1. The van der Waals surface area contributed by atoms with Crippen molar-refractivity contribution in [2.24, 2.45) is 0 Å². The average molecular weight is 462 g/mol. The molecule has 8 nitrogen and oxygen atoms in total. The maximum Gasteiger partial charge on any atom is 0.295 e. The molecule has 0 aliphatic carbocycles. The number of imidazole rings is 1. The highest BCUT2D eigenvalue weighted by atomic mass is 16.5. The number of aliphatic hydroxyl groups excluding tert-OH is 1. The summed E-state index contributed by atoms with van der Waals surface area (Å²) in [5.41, 5.74) is 1.23. The van der Waals surface area contributed by atoms with Crippen LogP contribution in [-0.4, -0.2) is 51.5 Å². The zero-order chi connectivity index (χ0) is 24.1. The Bertz CT molecular complexity index is 1170. The third kappa shape index (κ3) is 4.66. The number of amides is 1. The molecule has 0 saturated carbocycles. The number of aliphatic hydroxyl groups is 1. The first kappa shape index (κ1) is 23.1. The third-order valence-corrected chi connectivity index (χ3v) is 5.78. The summed E-state index contributed by atoms with van der Waals surface area (Å²) < 4.78 is 12.6. The molecule has 1 aromatic heterocycles. The van der Waals surface area contributed by atoms with Crippen LogP contribution in [0.4, 0.5) is 0 Å². The predicted molar refractivity (Wildman–Crippen MR) is 126 cm³/mol. The van der Waals surface area contributed by atoms with Crippen LogP contribution in [0.3, 0.4) is 0 Å². The van der Waals surface area contributed by atoms with Crippen LogP contribution in [0.25, 0.3) is 5.76 Å². The van der Waals surface area contributed by atoms with Gasteiger partial charge in [0, 0.05) is 31.0 Å². The lowest BCUT2D eigenvalue weighted by Crippen LogP contribution is -2.31. The number of hydrogen-bond acceptors (Lipinski definition) is 6. The molecule has 0 bridgehead atoms. The molecule has 1 atom stereocenters. The van der Waals surface area contributed by atoms with E-state index in [1.165, 1.54) is 4.90 Å². The number of carbonyl (C=O) groups excluding carboxylic acids is 2. The molecule has 2 aromatic carbocycles. The molecule has 0 spiro atoms. The molecule has 176 valence electrons. The first-order valence-electron chi connectivity index (χ1n) is 11.1. The summed E-state index contributed by atoms with van der Waals surface area (Å²) in [6, 6.07) is 13.3. The third-order valence-electron chi connectivity index (χ3n) is 5.78. The zero-order valence-corrected chi connectivity index (χ0v) is 19.2. The van der Waals surface area contributed by atoms with Crippen molar-refractivity contribution in [2.45, 2.75) is 25.9 Å². The minimum atomic E-state index is -0.708. The van der Waals surface area contributed by atoms with E-state index in [1.807, 2.05) is 29.8 Å². The number of Topliss-reactive ketones (excluding diaryl/α,β-unsaturated/α-hetero) is 1. The summed E-state index contributed by atoms with van der Waals surface area (Å²) in [5, 5.41) is 11.1. The Morgan fingerprint density at radius 3 is 2.35 bits per heavy atom. The molecule has 0 radical (unpaired) electrons. The molecule has 1 fully saturated rings. The second-order valence-corrected chi connectivity index (χ2v) is 7.88. The molecule has 2 heterocycles. The van der Waals surface area contributed by atoms with Gasteiger partial charge in [-0.1, -0.05) is 12.1 Å². The number of nitrogens with zero attached hydrogens (tertiary/aromatic N) is 3. The molecule has 1 saturated heterocycles. The number of benzene rings is 2. The van der Waals surface area contributed by atoms with Crippen molar-refractivity contribution in [3.63, 3.8) is 0 Å².